The maximum atomic E-state index is 12.4. The largest absolute Gasteiger partial charge is 0.492 e. The zero-order valence-electron chi connectivity index (χ0n) is 19.1. The molecule has 2 aromatic rings. The Labute approximate surface area is 188 Å². The van der Waals surface area contributed by atoms with E-state index in [0.717, 1.165) is 5.82 Å². The van der Waals surface area contributed by atoms with Gasteiger partial charge in [-0.1, -0.05) is 12.1 Å². The summed E-state index contributed by atoms with van der Waals surface area (Å²) in [5.41, 5.74) is 0.669. The number of pyridine rings is 1. The normalized spacial score (nSPS) is 14.0. The molecule has 0 atom stereocenters. The van der Waals surface area contributed by atoms with Crippen LogP contribution in [0.15, 0.2) is 42.6 Å². The molecule has 2 heterocycles. The van der Waals surface area contributed by atoms with Gasteiger partial charge in [0.25, 0.3) is 0 Å². The summed E-state index contributed by atoms with van der Waals surface area (Å²) >= 11 is 0. The minimum Gasteiger partial charge on any atom is -0.492 e. The summed E-state index contributed by atoms with van der Waals surface area (Å²) in [6.07, 6.45) is 1.32. The molecule has 1 aliphatic heterocycles. The van der Waals surface area contributed by atoms with Crippen LogP contribution in [-0.4, -0.2) is 60.4 Å². The summed E-state index contributed by atoms with van der Waals surface area (Å²) in [5.74, 6) is 1.41. The molecule has 1 aromatic carbocycles. The molecule has 32 heavy (non-hydrogen) atoms. The highest BCUT2D eigenvalue weighted by Crippen LogP contribution is 2.24. The van der Waals surface area contributed by atoms with Gasteiger partial charge in [-0.25, -0.2) is 14.6 Å². The molecule has 0 spiro atoms. The van der Waals surface area contributed by atoms with Gasteiger partial charge in [-0.15, -0.1) is 0 Å². The zero-order valence-corrected chi connectivity index (χ0v) is 19.1. The fraction of sp³-hybridized carbons (Fsp3) is 0.435. The molecule has 3 amide bonds. The van der Waals surface area contributed by atoms with E-state index >= 15 is 0 Å². The molecule has 0 saturated carbocycles. The number of nitrogens with zero attached hydrogens (tertiary/aromatic N) is 3. The summed E-state index contributed by atoms with van der Waals surface area (Å²) in [6, 6.07) is 10.5. The van der Waals surface area contributed by atoms with E-state index in [1.165, 1.54) is 0 Å². The molecule has 2 N–H and O–H groups in total. The molecule has 0 unspecified atom stereocenters. The zero-order chi connectivity index (χ0) is 23.1. The van der Waals surface area contributed by atoms with Gasteiger partial charge in [-0.2, -0.15) is 0 Å². The Morgan fingerprint density at radius 3 is 2.38 bits per heavy atom. The van der Waals surface area contributed by atoms with Crippen molar-refractivity contribution in [1.82, 2.24) is 9.88 Å². The first kappa shape index (κ1) is 23.2. The van der Waals surface area contributed by atoms with Crippen LogP contribution in [0.25, 0.3) is 0 Å². The number of nitrogens with one attached hydrogen (secondary N) is 2. The Morgan fingerprint density at radius 1 is 1.03 bits per heavy atom. The minimum atomic E-state index is -0.504. The van der Waals surface area contributed by atoms with E-state index in [1.54, 1.807) is 29.3 Å². The fourth-order valence-electron chi connectivity index (χ4n) is 3.23. The monoisotopic (exact) mass is 441 g/mol. The van der Waals surface area contributed by atoms with Gasteiger partial charge in [0.1, 0.15) is 17.2 Å². The van der Waals surface area contributed by atoms with Crippen LogP contribution in [-0.2, 0) is 4.74 Å². The second-order valence-electron chi connectivity index (χ2n) is 8.37. The predicted octanol–water partition coefficient (Wildman–Crippen LogP) is 4.18. The summed E-state index contributed by atoms with van der Waals surface area (Å²) in [6.45, 7) is 10.4. The number of anilines is 3. The van der Waals surface area contributed by atoms with Gasteiger partial charge in [0.15, 0.2) is 0 Å². The van der Waals surface area contributed by atoms with Gasteiger partial charge in [0.2, 0.25) is 0 Å². The maximum Gasteiger partial charge on any atom is 0.410 e. The number of ether oxygens (including phenoxy) is 2. The van der Waals surface area contributed by atoms with E-state index in [1.807, 2.05) is 45.9 Å². The molecule has 9 nitrogen and oxygen atoms in total. The first-order valence-corrected chi connectivity index (χ1v) is 10.7. The van der Waals surface area contributed by atoms with Gasteiger partial charge in [0, 0.05) is 26.2 Å². The van der Waals surface area contributed by atoms with Gasteiger partial charge in [-0.3, -0.25) is 0 Å². The smallest absolute Gasteiger partial charge is 0.410 e. The Morgan fingerprint density at radius 2 is 1.75 bits per heavy atom. The van der Waals surface area contributed by atoms with Crippen molar-refractivity contribution in [1.29, 1.82) is 0 Å². The molecule has 1 aromatic heterocycles. The number of carbonyl (C=O) groups is 2. The minimum absolute atomic E-state index is 0.290. The second-order valence-corrected chi connectivity index (χ2v) is 8.37. The third-order valence-corrected chi connectivity index (χ3v) is 4.70. The number of rotatable bonds is 5. The number of carbonyl (C=O) groups excluding carboxylic acids is 2. The van der Waals surface area contributed by atoms with Crippen LogP contribution in [0, 0.1) is 0 Å². The quantitative estimate of drug-likeness (QED) is 0.723. The highest BCUT2D eigenvalue weighted by molar-refractivity contribution is 6.00. The first-order valence-electron chi connectivity index (χ1n) is 10.7. The van der Waals surface area contributed by atoms with E-state index in [9.17, 15) is 9.59 Å². The lowest BCUT2D eigenvalue weighted by Gasteiger charge is -2.36. The van der Waals surface area contributed by atoms with Crippen molar-refractivity contribution in [3.8, 4) is 5.75 Å². The van der Waals surface area contributed by atoms with E-state index in [4.69, 9.17) is 9.47 Å². The number of amides is 3. The molecule has 1 fully saturated rings. The lowest BCUT2D eigenvalue weighted by molar-refractivity contribution is 0.0240. The Kier molecular flexibility index (Phi) is 7.40. The van der Waals surface area contributed by atoms with Crippen molar-refractivity contribution < 1.29 is 19.1 Å². The average molecular weight is 442 g/mol. The van der Waals surface area contributed by atoms with Crippen LogP contribution < -0.4 is 20.3 Å². The van der Waals surface area contributed by atoms with E-state index in [-0.39, 0.29) is 12.1 Å². The molecular formula is C23H31N5O4. The predicted molar refractivity (Wildman–Crippen MR) is 125 cm³/mol. The van der Waals surface area contributed by atoms with Crippen molar-refractivity contribution in [3.63, 3.8) is 0 Å². The molecule has 9 heteroatoms. The number of hydrogen-bond acceptors (Lipinski definition) is 6. The number of para-hydroxylation sites is 2. The van der Waals surface area contributed by atoms with E-state index < -0.39 is 5.60 Å². The number of hydrogen-bond donors (Lipinski definition) is 2. The fourth-order valence-corrected chi connectivity index (χ4v) is 3.23. The number of aromatic nitrogens is 1. The highest BCUT2D eigenvalue weighted by Gasteiger charge is 2.26. The second kappa shape index (κ2) is 10.2. The van der Waals surface area contributed by atoms with Gasteiger partial charge >= 0.3 is 12.1 Å². The van der Waals surface area contributed by atoms with Crippen molar-refractivity contribution in [2.24, 2.45) is 0 Å². The summed E-state index contributed by atoms with van der Waals surface area (Å²) in [7, 11) is 0. The van der Waals surface area contributed by atoms with Gasteiger partial charge in [0.05, 0.1) is 24.2 Å². The molecule has 3 rings (SSSR count). The molecule has 1 saturated heterocycles. The Bertz CT molecular complexity index is 919. The van der Waals surface area contributed by atoms with Gasteiger partial charge in [-0.05, 0) is 52.0 Å². The number of piperazine rings is 1. The van der Waals surface area contributed by atoms with E-state index in [0.29, 0.717) is 49.9 Å². The van der Waals surface area contributed by atoms with Crippen molar-refractivity contribution in [2.45, 2.75) is 33.3 Å². The number of benzene rings is 1. The molecule has 0 aliphatic carbocycles. The maximum absolute atomic E-state index is 12.4. The summed E-state index contributed by atoms with van der Waals surface area (Å²) in [4.78, 5) is 32.8. The summed E-state index contributed by atoms with van der Waals surface area (Å²) < 4.78 is 11.0. The lowest BCUT2D eigenvalue weighted by Crippen LogP contribution is -2.50. The average Bonchev–Trinajstić information content (AvgIpc) is 2.75. The Balaban J connectivity index is 1.51. The van der Waals surface area contributed by atoms with Crippen LogP contribution in [0.2, 0.25) is 0 Å². The Hall–Kier alpha value is -3.49. The highest BCUT2D eigenvalue weighted by atomic mass is 16.6. The third-order valence-electron chi connectivity index (χ3n) is 4.70. The molecule has 172 valence electrons. The van der Waals surface area contributed by atoms with Crippen molar-refractivity contribution >= 4 is 29.3 Å². The molecule has 1 aliphatic rings. The van der Waals surface area contributed by atoms with Crippen LogP contribution in [0.4, 0.5) is 26.8 Å². The SMILES string of the molecule is CCOc1ccccc1NC(=O)Nc1ccc(N2CCN(C(=O)OC(C)(C)C)CC2)nc1. The molecular weight excluding hydrogens is 410 g/mol. The van der Waals surface area contributed by atoms with Crippen LogP contribution in [0.5, 0.6) is 5.75 Å². The molecule has 0 bridgehead atoms. The standard InChI is InChI=1S/C23H31N5O4/c1-5-31-19-9-7-6-8-18(19)26-21(29)25-17-10-11-20(24-16-17)27-12-14-28(15-13-27)22(30)32-23(2,3)4/h6-11,16H,5,12-15H2,1-4H3,(H2,25,26,29). The van der Waals surface area contributed by atoms with Crippen LogP contribution >= 0.6 is 0 Å². The van der Waals surface area contributed by atoms with Crippen LogP contribution in [0.3, 0.4) is 0 Å². The lowest BCUT2D eigenvalue weighted by atomic mass is 10.2. The first-order chi connectivity index (χ1) is 15.2. The van der Waals surface area contributed by atoms with Crippen molar-refractivity contribution in [3.05, 3.63) is 42.6 Å². The molecule has 0 radical (unpaired) electrons. The third kappa shape index (κ3) is 6.50. The topological polar surface area (TPSA) is 96.0 Å². The van der Waals surface area contributed by atoms with E-state index in [2.05, 4.69) is 20.5 Å². The van der Waals surface area contributed by atoms with Crippen LogP contribution in [0.1, 0.15) is 27.7 Å². The summed E-state index contributed by atoms with van der Waals surface area (Å²) in [5, 5.41) is 5.57. The number of urea groups is 1. The van der Waals surface area contributed by atoms with Crippen molar-refractivity contribution in [2.75, 3.05) is 48.3 Å². The van der Waals surface area contributed by atoms with Gasteiger partial charge < -0.3 is 29.9 Å².